The number of carbonyl (C=O) groups is 1. The van der Waals surface area contributed by atoms with E-state index in [1.54, 1.807) is 14.2 Å². The van der Waals surface area contributed by atoms with Gasteiger partial charge >= 0.3 is 0 Å². The molecule has 0 aliphatic heterocycles. The maximum Gasteiger partial charge on any atom is 0.293 e. The average molecular weight is 249 g/mol. The lowest BCUT2D eigenvalue weighted by molar-refractivity contribution is -0.128. The lowest BCUT2D eigenvalue weighted by atomic mass is 10.2. The molecule has 1 N–H and O–H groups in total. The molecule has 2 rings (SSSR count). The highest BCUT2D eigenvalue weighted by Gasteiger charge is 2.08. The Kier molecular flexibility index (Phi) is 3.72. The fourth-order valence-electron chi connectivity index (χ4n) is 1.88. The average Bonchev–Trinajstić information content (AvgIpc) is 2.80. The molecule has 0 fully saturated rings. The first-order valence-corrected chi connectivity index (χ1v) is 5.57. The van der Waals surface area contributed by atoms with E-state index >= 15 is 0 Å². The van der Waals surface area contributed by atoms with Crippen LogP contribution in [0.25, 0.3) is 10.9 Å². The lowest BCUT2D eigenvalue weighted by Crippen LogP contribution is -1.96. The van der Waals surface area contributed by atoms with Gasteiger partial charge in [0, 0.05) is 29.6 Å². The summed E-state index contributed by atoms with van der Waals surface area (Å²) in [6.45, 7) is 0.808. The first-order valence-electron chi connectivity index (χ1n) is 5.57. The second kappa shape index (κ2) is 5.44. The maximum absolute atomic E-state index is 10.1. The van der Waals surface area contributed by atoms with Gasteiger partial charge in [-0.25, -0.2) is 0 Å². The predicted molar refractivity (Wildman–Crippen MR) is 67.1 cm³/mol. The van der Waals surface area contributed by atoms with Crippen LogP contribution in [0.4, 0.5) is 0 Å². The van der Waals surface area contributed by atoms with Crippen LogP contribution in [0.15, 0.2) is 18.2 Å². The van der Waals surface area contributed by atoms with Crippen molar-refractivity contribution < 1.29 is 19.0 Å². The zero-order valence-corrected chi connectivity index (χ0v) is 10.4. The van der Waals surface area contributed by atoms with Gasteiger partial charge in [-0.15, -0.1) is 0 Å². The van der Waals surface area contributed by atoms with Gasteiger partial charge in [0.15, 0.2) is 0 Å². The predicted octanol–water partition coefficient (Wildman–Crippen LogP) is 1.90. The number of aromatic nitrogens is 1. The molecule has 5 nitrogen and oxygen atoms in total. The Morgan fingerprint density at radius 1 is 1.22 bits per heavy atom. The molecule has 0 saturated carbocycles. The number of benzene rings is 1. The first kappa shape index (κ1) is 12.3. The number of methoxy groups -OCH3 is 2. The zero-order valence-electron chi connectivity index (χ0n) is 10.4. The summed E-state index contributed by atoms with van der Waals surface area (Å²) < 4.78 is 15.2. The SMILES string of the molecule is COc1cc(OC)c2cc(CCOC=O)[nH]c2c1. The topological polar surface area (TPSA) is 60.6 Å². The third kappa shape index (κ3) is 2.40. The minimum absolute atomic E-state index is 0.357. The molecular weight excluding hydrogens is 234 g/mol. The van der Waals surface area contributed by atoms with Crippen LogP contribution in [0.2, 0.25) is 0 Å². The molecule has 5 heteroatoms. The smallest absolute Gasteiger partial charge is 0.293 e. The third-order valence-corrected chi connectivity index (χ3v) is 2.74. The summed E-state index contributed by atoms with van der Waals surface area (Å²) in [7, 11) is 3.23. The molecular formula is C13H15NO4. The number of ether oxygens (including phenoxy) is 3. The van der Waals surface area contributed by atoms with Crippen LogP contribution >= 0.6 is 0 Å². The van der Waals surface area contributed by atoms with Gasteiger partial charge in [-0.3, -0.25) is 4.79 Å². The summed E-state index contributed by atoms with van der Waals surface area (Å²) in [5.41, 5.74) is 1.92. The molecule has 0 unspecified atom stereocenters. The zero-order chi connectivity index (χ0) is 13.0. The van der Waals surface area contributed by atoms with E-state index in [0.29, 0.717) is 19.5 Å². The van der Waals surface area contributed by atoms with Gasteiger partial charge in [0.25, 0.3) is 6.47 Å². The number of carbonyl (C=O) groups excluding carboxylic acids is 1. The van der Waals surface area contributed by atoms with E-state index in [1.807, 2.05) is 18.2 Å². The Balaban J connectivity index is 2.33. The Bertz CT molecular complexity index is 547. The lowest BCUT2D eigenvalue weighted by Gasteiger charge is -2.04. The molecule has 0 spiro atoms. The van der Waals surface area contributed by atoms with Crippen LogP contribution in [0.1, 0.15) is 5.69 Å². The molecule has 1 heterocycles. The minimum atomic E-state index is 0.357. The van der Waals surface area contributed by atoms with Gasteiger partial charge in [0.1, 0.15) is 11.5 Å². The molecule has 96 valence electrons. The van der Waals surface area contributed by atoms with Crippen molar-refractivity contribution in [1.82, 2.24) is 4.98 Å². The minimum Gasteiger partial charge on any atom is -0.497 e. The van der Waals surface area contributed by atoms with Crippen LogP contribution < -0.4 is 9.47 Å². The van der Waals surface area contributed by atoms with Crippen molar-refractivity contribution >= 4 is 17.4 Å². The van der Waals surface area contributed by atoms with Gasteiger partial charge in [0.05, 0.1) is 26.3 Å². The van der Waals surface area contributed by atoms with Gasteiger partial charge < -0.3 is 19.2 Å². The van der Waals surface area contributed by atoms with Crippen molar-refractivity contribution in [3.05, 3.63) is 23.9 Å². The van der Waals surface area contributed by atoms with E-state index in [2.05, 4.69) is 9.72 Å². The summed E-state index contributed by atoms with van der Waals surface area (Å²) in [5.74, 6) is 1.49. The number of H-pyrrole nitrogens is 1. The highest BCUT2D eigenvalue weighted by molar-refractivity contribution is 5.88. The number of nitrogens with one attached hydrogen (secondary N) is 1. The van der Waals surface area contributed by atoms with Crippen LogP contribution in [0.5, 0.6) is 11.5 Å². The highest BCUT2D eigenvalue weighted by Crippen LogP contribution is 2.31. The maximum atomic E-state index is 10.1. The number of aromatic amines is 1. The van der Waals surface area contributed by atoms with Gasteiger partial charge in [-0.1, -0.05) is 0 Å². The highest BCUT2D eigenvalue weighted by atomic mass is 16.5. The Labute approximate surface area is 105 Å². The molecule has 0 amide bonds. The number of rotatable bonds is 6. The van der Waals surface area contributed by atoms with E-state index in [0.717, 1.165) is 28.1 Å². The van der Waals surface area contributed by atoms with Crippen LogP contribution in [-0.4, -0.2) is 32.3 Å². The monoisotopic (exact) mass is 249 g/mol. The summed E-state index contributed by atoms with van der Waals surface area (Å²) in [6.07, 6.45) is 0.638. The number of hydrogen-bond donors (Lipinski definition) is 1. The number of fused-ring (bicyclic) bond motifs is 1. The standard InChI is InChI=1S/C13H15NO4/c1-16-10-6-12-11(13(7-10)17-2)5-9(14-12)3-4-18-8-15/h5-8,14H,3-4H2,1-2H3. The van der Waals surface area contributed by atoms with Gasteiger partial charge in [0.2, 0.25) is 0 Å². The Morgan fingerprint density at radius 3 is 2.72 bits per heavy atom. The van der Waals surface area contributed by atoms with E-state index < -0.39 is 0 Å². The molecule has 2 aromatic rings. The molecule has 18 heavy (non-hydrogen) atoms. The fourth-order valence-corrected chi connectivity index (χ4v) is 1.88. The van der Waals surface area contributed by atoms with Gasteiger partial charge in [-0.05, 0) is 6.07 Å². The molecule has 0 atom stereocenters. The van der Waals surface area contributed by atoms with Crippen LogP contribution in [0.3, 0.4) is 0 Å². The van der Waals surface area contributed by atoms with Crippen molar-refractivity contribution in [3.63, 3.8) is 0 Å². The van der Waals surface area contributed by atoms with Crippen molar-refractivity contribution in [2.75, 3.05) is 20.8 Å². The summed E-state index contributed by atoms with van der Waals surface area (Å²) in [5, 5.41) is 0.986. The second-order valence-corrected chi connectivity index (χ2v) is 3.80. The number of hydrogen-bond acceptors (Lipinski definition) is 4. The normalized spacial score (nSPS) is 10.3. The van der Waals surface area contributed by atoms with Gasteiger partial charge in [-0.2, -0.15) is 0 Å². The van der Waals surface area contributed by atoms with Crippen molar-refractivity contribution in [3.8, 4) is 11.5 Å². The Hall–Kier alpha value is -2.17. The van der Waals surface area contributed by atoms with E-state index in [4.69, 9.17) is 9.47 Å². The second-order valence-electron chi connectivity index (χ2n) is 3.80. The molecule has 0 bridgehead atoms. The molecule has 0 aliphatic rings. The summed E-state index contributed by atoms with van der Waals surface area (Å²) >= 11 is 0. The molecule has 1 aromatic heterocycles. The molecule has 0 aliphatic carbocycles. The Morgan fingerprint density at radius 2 is 2.06 bits per heavy atom. The van der Waals surface area contributed by atoms with Crippen LogP contribution in [0, 0.1) is 0 Å². The van der Waals surface area contributed by atoms with E-state index in [1.165, 1.54) is 0 Å². The quantitative estimate of drug-likeness (QED) is 0.627. The van der Waals surface area contributed by atoms with Crippen molar-refractivity contribution in [2.45, 2.75) is 6.42 Å². The largest absolute Gasteiger partial charge is 0.497 e. The molecule has 1 aromatic carbocycles. The van der Waals surface area contributed by atoms with E-state index in [9.17, 15) is 4.79 Å². The summed E-state index contributed by atoms with van der Waals surface area (Å²) in [4.78, 5) is 13.3. The van der Waals surface area contributed by atoms with E-state index in [-0.39, 0.29) is 0 Å². The third-order valence-electron chi connectivity index (χ3n) is 2.74. The van der Waals surface area contributed by atoms with Crippen molar-refractivity contribution in [1.29, 1.82) is 0 Å². The first-order chi connectivity index (χ1) is 8.78. The molecule has 0 saturated heterocycles. The molecule has 0 radical (unpaired) electrons. The fraction of sp³-hybridized carbons (Fsp3) is 0.308. The van der Waals surface area contributed by atoms with Crippen LogP contribution in [-0.2, 0) is 16.0 Å². The summed E-state index contributed by atoms with van der Waals surface area (Å²) in [6, 6.07) is 5.73. The van der Waals surface area contributed by atoms with Crippen molar-refractivity contribution in [2.24, 2.45) is 0 Å².